The van der Waals surface area contributed by atoms with Crippen LogP contribution in [-0.4, -0.2) is 16.9 Å². The fourth-order valence-electron chi connectivity index (χ4n) is 8.10. The number of fused-ring (bicyclic) bond motifs is 5. The molecule has 0 bridgehead atoms. The summed E-state index contributed by atoms with van der Waals surface area (Å²) in [5.74, 6) is 2.78. The predicted octanol–water partition coefficient (Wildman–Crippen LogP) is 7.54. The number of alkyl halides is 3. The molecular weight excluding hydrogens is 385 g/mol. The first-order chi connectivity index (χ1) is 13.9. The van der Waals surface area contributed by atoms with Crippen LogP contribution >= 0.6 is 0 Å². The van der Waals surface area contributed by atoms with Gasteiger partial charge in [0.05, 0.1) is 11.5 Å². The van der Waals surface area contributed by atoms with Crippen LogP contribution < -0.4 is 0 Å². The van der Waals surface area contributed by atoms with Crippen LogP contribution in [0.5, 0.6) is 0 Å². The molecule has 0 spiro atoms. The van der Waals surface area contributed by atoms with Crippen LogP contribution in [0.4, 0.5) is 13.2 Å². The van der Waals surface area contributed by atoms with Crippen LogP contribution in [0.3, 0.4) is 0 Å². The van der Waals surface area contributed by atoms with Crippen molar-refractivity contribution in [1.82, 2.24) is 0 Å². The van der Waals surface area contributed by atoms with E-state index < -0.39 is 17.7 Å². The number of hydrogen-bond donors (Lipinski definition) is 1. The summed E-state index contributed by atoms with van der Waals surface area (Å²) in [6.07, 6.45) is 8.38. The molecule has 0 aromatic heterocycles. The Morgan fingerprint density at radius 1 is 1.00 bits per heavy atom. The van der Waals surface area contributed by atoms with E-state index in [9.17, 15) is 18.3 Å². The van der Waals surface area contributed by atoms with Gasteiger partial charge >= 0.3 is 6.18 Å². The summed E-state index contributed by atoms with van der Waals surface area (Å²) >= 11 is 0. The number of aliphatic hydroxyl groups is 1. The van der Waals surface area contributed by atoms with Crippen LogP contribution in [0.2, 0.25) is 0 Å². The Balaban J connectivity index is 1.43. The average Bonchev–Trinajstić information content (AvgIpc) is 3.10. The molecule has 3 fully saturated rings. The molecule has 172 valence electrons. The van der Waals surface area contributed by atoms with E-state index in [1.807, 2.05) is 6.92 Å². The van der Waals surface area contributed by atoms with Gasteiger partial charge in [-0.2, -0.15) is 13.2 Å². The minimum absolute atomic E-state index is 0.252. The molecule has 4 heteroatoms. The van der Waals surface area contributed by atoms with E-state index in [0.717, 1.165) is 43.4 Å². The summed E-state index contributed by atoms with van der Waals surface area (Å²) in [5.41, 5.74) is 1.21. The second kappa shape index (κ2) is 7.81. The van der Waals surface area contributed by atoms with Crippen molar-refractivity contribution in [2.75, 3.05) is 0 Å². The Morgan fingerprint density at radius 2 is 1.70 bits per heavy atom. The highest BCUT2D eigenvalue weighted by Crippen LogP contribution is 2.63. The minimum Gasteiger partial charge on any atom is -0.390 e. The lowest BCUT2D eigenvalue weighted by Gasteiger charge is -2.56. The molecule has 0 radical (unpaired) electrons. The zero-order valence-corrected chi connectivity index (χ0v) is 19.3. The van der Waals surface area contributed by atoms with Crippen molar-refractivity contribution in [3.63, 3.8) is 0 Å². The van der Waals surface area contributed by atoms with Gasteiger partial charge in [-0.3, -0.25) is 0 Å². The van der Waals surface area contributed by atoms with Crippen LogP contribution in [0.25, 0.3) is 0 Å². The Hall–Kier alpha value is -0.510. The second-order valence-electron chi connectivity index (χ2n) is 12.0. The highest BCUT2D eigenvalue weighted by Gasteiger charge is 2.55. The van der Waals surface area contributed by atoms with Crippen LogP contribution in [0.1, 0.15) is 91.9 Å². The third-order valence-electron chi connectivity index (χ3n) is 10.1. The molecule has 7 unspecified atom stereocenters. The summed E-state index contributed by atoms with van der Waals surface area (Å²) in [6, 6.07) is 0. The lowest BCUT2D eigenvalue weighted by molar-refractivity contribution is -0.172. The molecule has 0 aromatic carbocycles. The first-order valence-corrected chi connectivity index (χ1v) is 12.4. The fourth-order valence-corrected chi connectivity index (χ4v) is 8.10. The quantitative estimate of drug-likeness (QED) is 0.460. The monoisotopic (exact) mass is 426 g/mol. The van der Waals surface area contributed by atoms with Crippen molar-refractivity contribution >= 4 is 0 Å². The van der Waals surface area contributed by atoms with E-state index in [0.29, 0.717) is 24.2 Å². The number of hydrogen-bond acceptors (Lipinski definition) is 1. The lowest BCUT2D eigenvalue weighted by Crippen LogP contribution is -2.49. The van der Waals surface area contributed by atoms with Crippen molar-refractivity contribution < 1.29 is 18.3 Å². The first-order valence-electron chi connectivity index (χ1n) is 12.4. The van der Waals surface area contributed by atoms with Gasteiger partial charge in [0.2, 0.25) is 0 Å². The molecule has 0 amide bonds. The summed E-state index contributed by atoms with van der Waals surface area (Å²) < 4.78 is 38.8. The Bertz CT molecular complexity index is 666. The van der Waals surface area contributed by atoms with Crippen molar-refractivity contribution in [3.8, 4) is 0 Å². The van der Waals surface area contributed by atoms with Gasteiger partial charge in [-0.1, -0.05) is 32.4 Å². The molecule has 30 heavy (non-hydrogen) atoms. The highest BCUT2D eigenvalue weighted by atomic mass is 19.4. The van der Waals surface area contributed by atoms with E-state index in [4.69, 9.17) is 0 Å². The smallest absolute Gasteiger partial charge is 0.390 e. The largest absolute Gasteiger partial charge is 0.391 e. The zero-order valence-electron chi connectivity index (χ0n) is 19.3. The first kappa shape index (κ1) is 22.7. The van der Waals surface area contributed by atoms with Crippen LogP contribution in [-0.2, 0) is 0 Å². The van der Waals surface area contributed by atoms with Gasteiger partial charge in [0.15, 0.2) is 0 Å². The summed E-state index contributed by atoms with van der Waals surface area (Å²) in [5, 5.41) is 10.6. The zero-order chi connectivity index (χ0) is 21.9. The normalized spacial score (nSPS) is 45.7. The van der Waals surface area contributed by atoms with Gasteiger partial charge in [0.1, 0.15) is 0 Å². The van der Waals surface area contributed by atoms with Gasteiger partial charge in [-0.15, -0.1) is 0 Å². The highest BCUT2D eigenvalue weighted by molar-refractivity contribution is 5.26. The lowest BCUT2D eigenvalue weighted by atomic mass is 9.49. The van der Waals surface area contributed by atoms with Gasteiger partial charge < -0.3 is 5.11 Å². The number of rotatable bonds is 4. The molecule has 0 aromatic rings. The third-order valence-corrected chi connectivity index (χ3v) is 10.1. The molecule has 4 rings (SSSR count). The Morgan fingerprint density at radius 3 is 2.40 bits per heavy atom. The third kappa shape index (κ3) is 3.99. The van der Waals surface area contributed by atoms with Crippen molar-refractivity contribution in [2.24, 2.45) is 46.8 Å². The minimum atomic E-state index is -4.05. The molecule has 1 nitrogen and oxygen atoms in total. The molecule has 9 atom stereocenters. The summed E-state index contributed by atoms with van der Waals surface area (Å²) in [4.78, 5) is 0. The topological polar surface area (TPSA) is 20.2 Å². The van der Waals surface area contributed by atoms with Crippen molar-refractivity contribution in [1.29, 1.82) is 0 Å². The number of allylic oxidation sites excluding steroid dienone is 1. The van der Waals surface area contributed by atoms with E-state index in [1.165, 1.54) is 38.2 Å². The van der Waals surface area contributed by atoms with E-state index in [2.05, 4.69) is 19.9 Å². The molecule has 4 aliphatic carbocycles. The van der Waals surface area contributed by atoms with Crippen LogP contribution in [0.15, 0.2) is 11.6 Å². The van der Waals surface area contributed by atoms with E-state index in [1.54, 1.807) is 0 Å². The molecule has 4 aliphatic rings. The van der Waals surface area contributed by atoms with Gasteiger partial charge in [-0.25, -0.2) is 0 Å². The Labute approximate surface area is 180 Å². The fraction of sp³-hybridized carbons (Fsp3) is 0.923. The second-order valence-corrected chi connectivity index (χ2v) is 12.0. The maximum Gasteiger partial charge on any atom is 0.391 e. The van der Waals surface area contributed by atoms with E-state index >= 15 is 0 Å². The summed E-state index contributed by atoms with van der Waals surface area (Å²) in [7, 11) is 0. The SMILES string of the molecule is CC(CC[C@@H](C)C1CCC2C1CCC1C2CC=C2C[C@@](C)(O)CCC21C)C(F)(F)F. The van der Waals surface area contributed by atoms with Gasteiger partial charge in [0, 0.05) is 0 Å². The number of halogens is 3. The summed E-state index contributed by atoms with van der Waals surface area (Å²) in [6.45, 7) is 7.99. The molecule has 0 aliphatic heterocycles. The molecule has 0 heterocycles. The van der Waals surface area contributed by atoms with Crippen molar-refractivity contribution in [2.45, 2.75) is 104 Å². The Kier molecular flexibility index (Phi) is 5.91. The van der Waals surface area contributed by atoms with Crippen LogP contribution in [0, 0.1) is 46.8 Å². The van der Waals surface area contributed by atoms with E-state index in [-0.39, 0.29) is 11.8 Å². The maximum atomic E-state index is 12.9. The standard InChI is InChI=1S/C26H41F3O/c1-16(5-6-17(2)26(27,28)29)19-9-10-21-20(19)11-12-23-22(21)8-7-18-15-24(3,30)13-14-25(18,23)4/h7,16-17,19-23,30H,5-6,8-15H2,1-4H3/t16-,17?,19?,20?,21?,22?,23?,24+,25?/m1/s1. The maximum absolute atomic E-state index is 12.9. The molecule has 3 saturated carbocycles. The molecule has 0 saturated heterocycles. The average molecular weight is 427 g/mol. The molecular formula is C26H41F3O. The van der Waals surface area contributed by atoms with Crippen molar-refractivity contribution in [3.05, 3.63) is 11.6 Å². The predicted molar refractivity (Wildman–Crippen MR) is 115 cm³/mol. The van der Waals surface area contributed by atoms with Gasteiger partial charge in [0.25, 0.3) is 0 Å². The van der Waals surface area contributed by atoms with Gasteiger partial charge in [-0.05, 0) is 112 Å². The molecule has 1 N–H and O–H groups in total.